The summed E-state index contributed by atoms with van der Waals surface area (Å²) in [5.41, 5.74) is 5.10. The SMILES string of the molecule is CCNc1ccc(CN(C)c2ccc(C)cc2C)cn1. The number of anilines is 2. The zero-order valence-corrected chi connectivity index (χ0v) is 12.8. The van der Waals surface area contributed by atoms with Crippen LogP contribution in [0.2, 0.25) is 0 Å². The summed E-state index contributed by atoms with van der Waals surface area (Å²) in [6.07, 6.45) is 1.94. The molecule has 0 unspecified atom stereocenters. The van der Waals surface area contributed by atoms with Crippen molar-refractivity contribution in [3.05, 3.63) is 53.2 Å². The van der Waals surface area contributed by atoms with Crippen LogP contribution in [0.25, 0.3) is 0 Å². The molecule has 1 N–H and O–H groups in total. The lowest BCUT2D eigenvalue weighted by Gasteiger charge is -2.22. The number of hydrogen-bond donors (Lipinski definition) is 1. The third-order valence-corrected chi connectivity index (χ3v) is 3.37. The second-order valence-electron chi connectivity index (χ2n) is 5.23. The van der Waals surface area contributed by atoms with Crippen LogP contribution in [0.1, 0.15) is 23.6 Å². The smallest absolute Gasteiger partial charge is 0.125 e. The number of aryl methyl sites for hydroxylation is 2. The van der Waals surface area contributed by atoms with Crippen LogP contribution in [0.15, 0.2) is 36.5 Å². The number of pyridine rings is 1. The van der Waals surface area contributed by atoms with Crippen molar-refractivity contribution in [2.24, 2.45) is 0 Å². The zero-order valence-electron chi connectivity index (χ0n) is 12.8. The van der Waals surface area contributed by atoms with Gasteiger partial charge >= 0.3 is 0 Å². The van der Waals surface area contributed by atoms with Crippen LogP contribution >= 0.6 is 0 Å². The highest BCUT2D eigenvalue weighted by Crippen LogP contribution is 2.21. The summed E-state index contributed by atoms with van der Waals surface area (Å²) in [4.78, 5) is 6.68. The minimum Gasteiger partial charge on any atom is -0.370 e. The van der Waals surface area contributed by atoms with Crippen LogP contribution < -0.4 is 10.2 Å². The fourth-order valence-electron chi connectivity index (χ4n) is 2.40. The van der Waals surface area contributed by atoms with Crippen LogP contribution in [-0.4, -0.2) is 18.6 Å². The minimum atomic E-state index is 0.864. The summed E-state index contributed by atoms with van der Waals surface area (Å²) in [6.45, 7) is 8.12. The van der Waals surface area contributed by atoms with Gasteiger partial charge in [-0.2, -0.15) is 0 Å². The Labute approximate surface area is 121 Å². The maximum Gasteiger partial charge on any atom is 0.125 e. The Morgan fingerprint density at radius 1 is 1.15 bits per heavy atom. The van der Waals surface area contributed by atoms with Crippen LogP contribution in [0.3, 0.4) is 0 Å². The van der Waals surface area contributed by atoms with Gasteiger partial charge in [-0.05, 0) is 44.0 Å². The molecule has 0 fully saturated rings. The first-order chi connectivity index (χ1) is 9.60. The lowest BCUT2D eigenvalue weighted by Crippen LogP contribution is -2.17. The standard InChI is InChI=1S/C17H23N3/c1-5-18-17-9-7-15(11-19-17)12-20(4)16-8-6-13(2)10-14(16)3/h6-11H,5,12H2,1-4H3,(H,18,19). The average molecular weight is 269 g/mol. The van der Waals surface area contributed by atoms with Crippen LogP contribution in [0.4, 0.5) is 11.5 Å². The van der Waals surface area contributed by atoms with Crippen molar-refractivity contribution in [3.8, 4) is 0 Å². The molecule has 0 radical (unpaired) electrons. The van der Waals surface area contributed by atoms with Gasteiger partial charge in [-0.3, -0.25) is 0 Å². The first-order valence-corrected chi connectivity index (χ1v) is 7.07. The van der Waals surface area contributed by atoms with E-state index in [9.17, 15) is 0 Å². The van der Waals surface area contributed by atoms with Gasteiger partial charge < -0.3 is 10.2 Å². The number of aromatic nitrogens is 1. The largest absolute Gasteiger partial charge is 0.370 e. The molecular formula is C17H23N3. The molecule has 1 aromatic carbocycles. The maximum absolute atomic E-state index is 4.41. The van der Waals surface area contributed by atoms with Gasteiger partial charge in [0, 0.05) is 32.0 Å². The third kappa shape index (κ3) is 3.50. The Morgan fingerprint density at radius 2 is 1.95 bits per heavy atom. The second kappa shape index (κ2) is 6.42. The van der Waals surface area contributed by atoms with Crippen LogP contribution in [0.5, 0.6) is 0 Å². The molecule has 3 nitrogen and oxygen atoms in total. The molecule has 3 heteroatoms. The quantitative estimate of drug-likeness (QED) is 0.895. The predicted octanol–water partition coefficient (Wildman–Crippen LogP) is 3.77. The summed E-state index contributed by atoms with van der Waals surface area (Å²) >= 11 is 0. The summed E-state index contributed by atoms with van der Waals surface area (Å²) < 4.78 is 0. The maximum atomic E-state index is 4.41. The molecule has 2 aromatic rings. The van der Waals surface area contributed by atoms with Crippen molar-refractivity contribution in [3.63, 3.8) is 0 Å². The Kier molecular flexibility index (Phi) is 4.61. The molecule has 0 saturated heterocycles. The van der Waals surface area contributed by atoms with Gasteiger partial charge in [-0.25, -0.2) is 4.98 Å². The number of rotatable bonds is 5. The second-order valence-corrected chi connectivity index (χ2v) is 5.23. The summed E-state index contributed by atoms with van der Waals surface area (Å²) in [7, 11) is 2.12. The first-order valence-electron chi connectivity index (χ1n) is 7.07. The Bertz CT molecular complexity index is 561. The average Bonchev–Trinajstić information content (AvgIpc) is 2.41. The highest BCUT2D eigenvalue weighted by molar-refractivity contribution is 5.54. The fraction of sp³-hybridized carbons (Fsp3) is 0.353. The van der Waals surface area contributed by atoms with E-state index in [2.05, 4.69) is 67.3 Å². The molecule has 20 heavy (non-hydrogen) atoms. The highest BCUT2D eigenvalue weighted by Gasteiger charge is 2.06. The molecule has 0 saturated carbocycles. The van der Waals surface area contributed by atoms with E-state index < -0.39 is 0 Å². The van der Waals surface area contributed by atoms with Gasteiger partial charge in [0.1, 0.15) is 5.82 Å². The van der Waals surface area contributed by atoms with E-state index in [0.717, 1.165) is 18.9 Å². The monoisotopic (exact) mass is 269 g/mol. The molecule has 0 aliphatic carbocycles. The van der Waals surface area contributed by atoms with E-state index in [1.165, 1.54) is 22.4 Å². The fourth-order valence-corrected chi connectivity index (χ4v) is 2.40. The highest BCUT2D eigenvalue weighted by atomic mass is 15.1. The molecule has 0 aliphatic rings. The van der Waals surface area contributed by atoms with E-state index in [-0.39, 0.29) is 0 Å². The van der Waals surface area contributed by atoms with Crippen molar-refractivity contribution >= 4 is 11.5 Å². The Balaban J connectivity index is 2.08. The molecule has 0 amide bonds. The van der Waals surface area contributed by atoms with Crippen LogP contribution in [-0.2, 0) is 6.54 Å². The molecule has 1 aromatic heterocycles. The molecule has 0 bridgehead atoms. The topological polar surface area (TPSA) is 28.2 Å². The minimum absolute atomic E-state index is 0.864. The summed E-state index contributed by atoms with van der Waals surface area (Å²) in [6, 6.07) is 10.7. The van der Waals surface area contributed by atoms with E-state index in [1.54, 1.807) is 0 Å². The molecule has 1 heterocycles. The molecule has 2 rings (SSSR count). The van der Waals surface area contributed by atoms with Gasteiger partial charge in [0.05, 0.1) is 0 Å². The normalized spacial score (nSPS) is 10.4. The van der Waals surface area contributed by atoms with E-state index in [4.69, 9.17) is 0 Å². The van der Waals surface area contributed by atoms with Crippen molar-refractivity contribution in [1.82, 2.24) is 4.98 Å². The lowest BCUT2D eigenvalue weighted by atomic mass is 10.1. The van der Waals surface area contributed by atoms with Crippen molar-refractivity contribution in [2.45, 2.75) is 27.3 Å². The van der Waals surface area contributed by atoms with Gasteiger partial charge in [0.2, 0.25) is 0 Å². The molecule has 0 spiro atoms. The van der Waals surface area contributed by atoms with Gasteiger partial charge in [0.15, 0.2) is 0 Å². The Morgan fingerprint density at radius 3 is 2.55 bits per heavy atom. The molecule has 106 valence electrons. The number of nitrogens with one attached hydrogen (secondary N) is 1. The van der Waals surface area contributed by atoms with Crippen molar-refractivity contribution in [2.75, 3.05) is 23.8 Å². The van der Waals surface area contributed by atoms with E-state index in [0.29, 0.717) is 0 Å². The first kappa shape index (κ1) is 14.4. The Hall–Kier alpha value is -2.03. The number of benzene rings is 1. The lowest BCUT2D eigenvalue weighted by molar-refractivity contribution is 0.909. The number of nitrogens with zero attached hydrogens (tertiary/aromatic N) is 2. The third-order valence-electron chi connectivity index (χ3n) is 3.37. The predicted molar refractivity (Wildman–Crippen MR) is 86.4 cm³/mol. The van der Waals surface area contributed by atoms with Crippen LogP contribution in [0, 0.1) is 13.8 Å². The number of hydrogen-bond acceptors (Lipinski definition) is 3. The van der Waals surface area contributed by atoms with Gasteiger partial charge in [-0.1, -0.05) is 23.8 Å². The van der Waals surface area contributed by atoms with Gasteiger partial charge in [0.25, 0.3) is 0 Å². The summed E-state index contributed by atoms with van der Waals surface area (Å²) in [5, 5.41) is 3.21. The zero-order chi connectivity index (χ0) is 14.5. The molecular weight excluding hydrogens is 246 g/mol. The van der Waals surface area contributed by atoms with Crippen molar-refractivity contribution in [1.29, 1.82) is 0 Å². The molecule has 0 aliphatic heterocycles. The van der Waals surface area contributed by atoms with E-state index >= 15 is 0 Å². The van der Waals surface area contributed by atoms with Gasteiger partial charge in [-0.15, -0.1) is 0 Å². The van der Waals surface area contributed by atoms with E-state index in [1.807, 2.05) is 12.3 Å². The van der Waals surface area contributed by atoms with Crippen molar-refractivity contribution < 1.29 is 0 Å². The molecule has 0 atom stereocenters. The summed E-state index contributed by atoms with van der Waals surface area (Å²) in [5.74, 6) is 0.936.